The lowest BCUT2D eigenvalue weighted by atomic mass is 9.92. The third-order valence-electron chi connectivity index (χ3n) is 3.76. The van der Waals surface area contributed by atoms with E-state index in [0.717, 1.165) is 24.2 Å². The number of nitrogens with zero attached hydrogens (tertiary/aromatic N) is 2. The second kappa shape index (κ2) is 4.35. The lowest BCUT2D eigenvalue weighted by Crippen LogP contribution is -2.36. The van der Waals surface area contributed by atoms with Crippen LogP contribution in [0.25, 0.3) is 0 Å². The largest absolute Gasteiger partial charge is 0.497 e. The summed E-state index contributed by atoms with van der Waals surface area (Å²) in [6.45, 7) is 1.98. The van der Waals surface area contributed by atoms with Crippen LogP contribution < -0.4 is 10.5 Å². The van der Waals surface area contributed by atoms with Crippen LogP contribution in [0, 0.1) is 0 Å². The summed E-state index contributed by atoms with van der Waals surface area (Å²) in [6.07, 6.45) is 2.43. The summed E-state index contributed by atoms with van der Waals surface area (Å²) in [7, 11) is 1.65. The minimum atomic E-state index is -0.666. The zero-order valence-corrected chi connectivity index (χ0v) is 11.1. The Kier molecular flexibility index (Phi) is 2.78. The van der Waals surface area contributed by atoms with E-state index < -0.39 is 5.54 Å². The predicted octanol–water partition coefficient (Wildman–Crippen LogP) is 1.79. The van der Waals surface area contributed by atoms with Gasteiger partial charge in [0.15, 0.2) is 5.82 Å². The Balaban J connectivity index is 2.08. The molecule has 1 aromatic carbocycles. The number of benzene rings is 1. The van der Waals surface area contributed by atoms with Crippen molar-refractivity contribution in [2.45, 2.75) is 31.7 Å². The molecule has 1 heterocycles. The van der Waals surface area contributed by atoms with Crippen molar-refractivity contribution in [3.05, 3.63) is 41.0 Å². The lowest BCUT2D eigenvalue weighted by molar-refractivity contribution is 0.362. The van der Waals surface area contributed by atoms with Gasteiger partial charge in [-0.1, -0.05) is 18.1 Å². The van der Waals surface area contributed by atoms with Crippen molar-refractivity contribution >= 4 is 0 Å². The fourth-order valence-corrected chi connectivity index (χ4v) is 2.59. The summed E-state index contributed by atoms with van der Waals surface area (Å²) in [5, 5.41) is 4.04. The Morgan fingerprint density at radius 2 is 2.32 bits per heavy atom. The fraction of sp³-hybridized carbons (Fsp3) is 0.429. The van der Waals surface area contributed by atoms with Crippen molar-refractivity contribution in [2.75, 3.05) is 7.11 Å². The highest BCUT2D eigenvalue weighted by Crippen LogP contribution is 2.40. The molecule has 1 aliphatic carbocycles. The van der Waals surface area contributed by atoms with E-state index >= 15 is 0 Å². The summed E-state index contributed by atoms with van der Waals surface area (Å²) in [5.41, 5.74) is 8.14. The normalized spacial score (nSPS) is 21.4. The van der Waals surface area contributed by atoms with Crippen molar-refractivity contribution in [3.8, 4) is 5.75 Å². The number of methoxy groups -OCH3 is 1. The molecule has 100 valence electrons. The Bertz CT molecular complexity index is 608. The lowest BCUT2D eigenvalue weighted by Gasteiger charge is -2.21. The zero-order chi connectivity index (χ0) is 13.5. The van der Waals surface area contributed by atoms with Crippen LogP contribution in [0.4, 0.5) is 0 Å². The molecule has 0 spiro atoms. The minimum absolute atomic E-state index is 0.566. The van der Waals surface area contributed by atoms with E-state index in [2.05, 4.69) is 16.2 Å². The molecule has 0 amide bonds. The van der Waals surface area contributed by atoms with Crippen LogP contribution in [0.5, 0.6) is 5.75 Å². The average molecular weight is 259 g/mol. The quantitative estimate of drug-likeness (QED) is 0.909. The number of nitrogens with two attached hydrogens (primary N) is 1. The monoisotopic (exact) mass is 259 g/mol. The molecule has 0 aliphatic heterocycles. The topological polar surface area (TPSA) is 74.2 Å². The van der Waals surface area contributed by atoms with Crippen LogP contribution in [-0.4, -0.2) is 17.3 Å². The molecule has 5 heteroatoms. The van der Waals surface area contributed by atoms with Gasteiger partial charge < -0.3 is 15.0 Å². The maximum absolute atomic E-state index is 6.54. The molecule has 1 atom stereocenters. The highest BCUT2D eigenvalue weighted by Gasteiger charge is 2.41. The third-order valence-corrected chi connectivity index (χ3v) is 3.76. The first kappa shape index (κ1) is 12.2. The number of aromatic nitrogens is 2. The zero-order valence-electron chi connectivity index (χ0n) is 11.1. The van der Waals surface area contributed by atoms with E-state index in [1.54, 1.807) is 7.11 Å². The van der Waals surface area contributed by atoms with E-state index in [9.17, 15) is 0 Å². The molecule has 1 aliphatic rings. The van der Waals surface area contributed by atoms with Crippen LogP contribution in [0.2, 0.25) is 0 Å². The van der Waals surface area contributed by atoms with E-state index in [-0.39, 0.29) is 0 Å². The summed E-state index contributed by atoms with van der Waals surface area (Å²) >= 11 is 0. The molecule has 0 radical (unpaired) electrons. The van der Waals surface area contributed by atoms with Crippen LogP contribution in [0.15, 0.2) is 22.7 Å². The van der Waals surface area contributed by atoms with Gasteiger partial charge in [-0.25, -0.2) is 0 Å². The molecule has 19 heavy (non-hydrogen) atoms. The first-order valence-electron chi connectivity index (χ1n) is 6.46. The second-order valence-corrected chi connectivity index (χ2v) is 4.86. The number of aryl methyl sites for hydroxylation is 2. The molecule has 5 nitrogen and oxygen atoms in total. The smallest absolute Gasteiger partial charge is 0.226 e. The Hall–Kier alpha value is -1.88. The molecule has 2 aromatic rings. The Morgan fingerprint density at radius 3 is 3.00 bits per heavy atom. The molecular weight excluding hydrogens is 242 g/mol. The maximum Gasteiger partial charge on any atom is 0.226 e. The maximum atomic E-state index is 6.54. The molecule has 3 rings (SSSR count). The van der Waals surface area contributed by atoms with Crippen LogP contribution >= 0.6 is 0 Å². The fourth-order valence-electron chi connectivity index (χ4n) is 2.59. The van der Waals surface area contributed by atoms with Crippen LogP contribution in [-0.2, 0) is 18.4 Å². The molecule has 0 saturated heterocycles. The number of rotatable bonds is 3. The van der Waals surface area contributed by atoms with Gasteiger partial charge in [-0.15, -0.1) is 0 Å². The van der Waals surface area contributed by atoms with Crippen molar-refractivity contribution in [1.29, 1.82) is 0 Å². The van der Waals surface area contributed by atoms with E-state index in [1.165, 1.54) is 5.56 Å². The molecule has 0 bridgehead atoms. The number of hydrogen-bond donors (Lipinski definition) is 1. The van der Waals surface area contributed by atoms with Gasteiger partial charge in [-0.05, 0) is 36.1 Å². The van der Waals surface area contributed by atoms with Gasteiger partial charge in [-0.3, -0.25) is 0 Å². The third kappa shape index (κ3) is 1.81. The van der Waals surface area contributed by atoms with Crippen molar-refractivity contribution in [3.63, 3.8) is 0 Å². The van der Waals surface area contributed by atoms with Gasteiger partial charge in [-0.2, -0.15) is 4.98 Å². The molecule has 1 aromatic heterocycles. The minimum Gasteiger partial charge on any atom is -0.497 e. The summed E-state index contributed by atoms with van der Waals surface area (Å²) in [4.78, 5) is 4.39. The van der Waals surface area contributed by atoms with Gasteiger partial charge in [0.05, 0.1) is 7.11 Å². The van der Waals surface area contributed by atoms with Gasteiger partial charge in [0.2, 0.25) is 5.89 Å². The molecule has 2 N–H and O–H groups in total. The van der Waals surface area contributed by atoms with Gasteiger partial charge in [0.1, 0.15) is 11.3 Å². The SMILES string of the molecule is CCc1nc(C2(N)CCc3ccc(OC)cc32)no1. The van der Waals surface area contributed by atoms with E-state index in [4.69, 9.17) is 15.0 Å². The summed E-state index contributed by atoms with van der Waals surface area (Å²) < 4.78 is 10.5. The van der Waals surface area contributed by atoms with Gasteiger partial charge in [0.25, 0.3) is 0 Å². The highest BCUT2D eigenvalue weighted by atomic mass is 16.5. The van der Waals surface area contributed by atoms with E-state index in [0.29, 0.717) is 18.1 Å². The standard InChI is InChI=1S/C14H17N3O2/c1-3-12-16-13(17-19-12)14(15)7-6-9-4-5-10(18-2)8-11(9)14/h4-5,8H,3,6-7,15H2,1-2H3. The second-order valence-electron chi connectivity index (χ2n) is 4.86. The van der Waals surface area contributed by atoms with Gasteiger partial charge >= 0.3 is 0 Å². The van der Waals surface area contributed by atoms with E-state index in [1.807, 2.05) is 19.1 Å². The van der Waals surface area contributed by atoms with Gasteiger partial charge in [0, 0.05) is 6.42 Å². The summed E-state index contributed by atoms with van der Waals surface area (Å²) in [6, 6.07) is 5.99. The molecule has 0 fully saturated rings. The van der Waals surface area contributed by atoms with Crippen LogP contribution in [0.1, 0.15) is 36.2 Å². The Morgan fingerprint density at radius 1 is 1.47 bits per heavy atom. The van der Waals surface area contributed by atoms with Crippen LogP contribution in [0.3, 0.4) is 0 Å². The number of ether oxygens (including phenoxy) is 1. The first-order valence-corrected chi connectivity index (χ1v) is 6.46. The predicted molar refractivity (Wildman–Crippen MR) is 70.0 cm³/mol. The molecule has 1 unspecified atom stereocenters. The Labute approximate surface area is 111 Å². The van der Waals surface area contributed by atoms with Crippen molar-refractivity contribution in [1.82, 2.24) is 10.1 Å². The number of hydrogen-bond acceptors (Lipinski definition) is 5. The molecule has 0 saturated carbocycles. The first-order chi connectivity index (χ1) is 9.17. The average Bonchev–Trinajstić information content (AvgIpc) is 3.05. The van der Waals surface area contributed by atoms with Crippen molar-refractivity contribution < 1.29 is 9.26 Å². The van der Waals surface area contributed by atoms with Crippen molar-refractivity contribution in [2.24, 2.45) is 5.73 Å². The highest BCUT2D eigenvalue weighted by molar-refractivity contribution is 5.47. The number of fused-ring (bicyclic) bond motifs is 1. The molecular formula is C14H17N3O2. The summed E-state index contributed by atoms with van der Waals surface area (Å²) in [5.74, 6) is 1.99.